The lowest BCUT2D eigenvalue weighted by atomic mass is 9.87. The third-order valence-electron chi connectivity index (χ3n) is 4.58. The Hall–Kier alpha value is -3.50. The molecule has 1 fully saturated rings. The molecule has 0 unspecified atom stereocenters. The second-order valence-electron chi connectivity index (χ2n) is 6.77. The number of urea groups is 1. The highest BCUT2D eigenvalue weighted by molar-refractivity contribution is 5.97. The predicted molar refractivity (Wildman–Crippen MR) is 98.6 cm³/mol. The summed E-state index contributed by atoms with van der Waals surface area (Å²) in [5, 5.41) is 6.94. The first-order valence-corrected chi connectivity index (χ1v) is 8.78. The van der Waals surface area contributed by atoms with Crippen molar-refractivity contribution in [3.8, 4) is 0 Å². The van der Waals surface area contributed by atoms with Gasteiger partial charge in [-0.1, -0.05) is 24.8 Å². The lowest BCUT2D eigenvalue weighted by Gasteiger charge is -2.34. The van der Waals surface area contributed by atoms with Crippen LogP contribution in [0.25, 0.3) is 0 Å². The molecule has 0 saturated carbocycles. The Balaban J connectivity index is 1.93. The molecule has 1 aliphatic rings. The van der Waals surface area contributed by atoms with Crippen molar-refractivity contribution in [2.75, 3.05) is 5.32 Å². The minimum atomic E-state index is -4.65. The van der Waals surface area contributed by atoms with Crippen molar-refractivity contribution < 1.29 is 35.9 Å². The predicted octanol–water partition coefficient (Wildman–Crippen LogP) is 4.85. The van der Waals surface area contributed by atoms with Gasteiger partial charge in [0.15, 0.2) is 0 Å². The van der Waals surface area contributed by atoms with Gasteiger partial charge in [0.05, 0.1) is 17.2 Å². The summed E-state index contributed by atoms with van der Waals surface area (Å²) in [4.78, 5) is 24.7. The van der Waals surface area contributed by atoms with E-state index in [0.717, 1.165) is 36.4 Å². The fourth-order valence-corrected chi connectivity index (χ4v) is 3.17. The molecule has 0 aliphatic carbocycles. The molecule has 1 aliphatic heterocycles. The van der Waals surface area contributed by atoms with Crippen molar-refractivity contribution in [2.45, 2.75) is 18.4 Å². The van der Waals surface area contributed by atoms with Crippen LogP contribution in [0.5, 0.6) is 0 Å². The number of anilines is 1. The Morgan fingerprint density at radius 1 is 0.935 bits per heavy atom. The van der Waals surface area contributed by atoms with Crippen LogP contribution in [0.4, 0.5) is 36.8 Å². The van der Waals surface area contributed by atoms with E-state index in [1.54, 1.807) is 0 Å². The van der Waals surface area contributed by atoms with Crippen LogP contribution >= 0.6 is 0 Å². The van der Waals surface area contributed by atoms with Gasteiger partial charge in [-0.05, 0) is 35.9 Å². The molecule has 3 rings (SSSR count). The molecule has 3 amide bonds. The summed E-state index contributed by atoms with van der Waals surface area (Å²) in [6.07, 6.45) is -9.29. The van der Waals surface area contributed by atoms with Crippen LogP contribution in [0, 0.1) is 5.92 Å². The smallest absolute Gasteiger partial charge is 0.330 e. The number of rotatable bonds is 3. The highest BCUT2D eigenvalue weighted by Gasteiger charge is 2.39. The molecule has 1 heterocycles. The van der Waals surface area contributed by atoms with Crippen molar-refractivity contribution >= 4 is 17.6 Å². The van der Waals surface area contributed by atoms with Gasteiger partial charge in [0, 0.05) is 11.4 Å². The molecule has 3 N–H and O–H groups in total. The molecule has 31 heavy (non-hydrogen) atoms. The number of halogens is 6. The Morgan fingerprint density at radius 2 is 1.52 bits per heavy atom. The number of benzene rings is 2. The minimum absolute atomic E-state index is 0.0185. The number of hydrogen-bond donors (Lipinski definition) is 3. The van der Waals surface area contributed by atoms with Crippen molar-refractivity contribution in [1.29, 1.82) is 0 Å². The van der Waals surface area contributed by atoms with E-state index in [2.05, 4.69) is 22.5 Å². The summed E-state index contributed by atoms with van der Waals surface area (Å²) in [7, 11) is 0. The van der Waals surface area contributed by atoms with Crippen LogP contribution in [0.1, 0.15) is 22.7 Å². The number of hydrogen-bond acceptors (Lipinski definition) is 2. The van der Waals surface area contributed by atoms with E-state index in [1.165, 1.54) is 12.1 Å². The molecule has 1 saturated heterocycles. The van der Waals surface area contributed by atoms with Crippen molar-refractivity contribution in [3.63, 3.8) is 0 Å². The van der Waals surface area contributed by atoms with Gasteiger partial charge in [0.25, 0.3) is 0 Å². The zero-order valence-electron chi connectivity index (χ0n) is 15.6. The van der Waals surface area contributed by atoms with Gasteiger partial charge in [0.1, 0.15) is 5.92 Å². The van der Waals surface area contributed by atoms with Gasteiger partial charge >= 0.3 is 18.4 Å². The highest BCUT2D eigenvalue weighted by atomic mass is 19.4. The first-order chi connectivity index (χ1) is 14.4. The number of alkyl halides is 6. The number of carbonyl (C=O) groups is 2. The van der Waals surface area contributed by atoms with Gasteiger partial charge in [-0.2, -0.15) is 26.3 Å². The maximum Gasteiger partial charge on any atom is 0.416 e. The quantitative estimate of drug-likeness (QED) is 0.594. The average Bonchev–Trinajstić information content (AvgIpc) is 2.66. The van der Waals surface area contributed by atoms with Crippen LogP contribution in [0.2, 0.25) is 0 Å². The molecule has 0 spiro atoms. The summed E-state index contributed by atoms with van der Waals surface area (Å²) >= 11 is 0. The number of nitrogens with one attached hydrogen (secondary N) is 3. The van der Waals surface area contributed by atoms with Gasteiger partial charge < -0.3 is 16.0 Å². The van der Waals surface area contributed by atoms with E-state index in [0.29, 0.717) is 0 Å². The zero-order valence-corrected chi connectivity index (χ0v) is 15.6. The van der Waals surface area contributed by atoms with E-state index in [9.17, 15) is 35.9 Å². The Bertz CT molecular complexity index is 1030. The molecular weight excluding hydrogens is 428 g/mol. The normalized spacial score (nSPS) is 19.4. The van der Waals surface area contributed by atoms with Gasteiger partial charge in [-0.15, -0.1) is 0 Å². The van der Waals surface area contributed by atoms with Crippen molar-refractivity contribution in [3.05, 3.63) is 77.5 Å². The average molecular weight is 443 g/mol. The van der Waals surface area contributed by atoms with Crippen LogP contribution in [0.15, 0.2) is 60.8 Å². The third kappa shape index (κ3) is 4.98. The fraction of sp³-hybridized carbons (Fsp3) is 0.200. The van der Waals surface area contributed by atoms with Gasteiger partial charge in [-0.25, -0.2) is 4.79 Å². The summed E-state index contributed by atoms with van der Waals surface area (Å²) < 4.78 is 78.0. The zero-order chi connectivity index (χ0) is 23.0. The summed E-state index contributed by atoms with van der Waals surface area (Å²) in [5.74, 6) is -2.16. The topological polar surface area (TPSA) is 70.2 Å². The van der Waals surface area contributed by atoms with Crippen LogP contribution in [-0.2, 0) is 17.1 Å². The molecule has 0 bridgehead atoms. The molecular formula is C20H15F6N3O2. The SMILES string of the molecule is C=C1NC(=O)N[C@H](c2cccc(C(F)(F)F)c2)[C@@H]1C(=O)Nc1cccc(C(F)(F)F)c1. The maximum atomic E-state index is 13.1. The van der Waals surface area contributed by atoms with Gasteiger partial charge in [-0.3, -0.25) is 4.79 Å². The molecule has 11 heteroatoms. The van der Waals surface area contributed by atoms with Crippen LogP contribution in [0.3, 0.4) is 0 Å². The summed E-state index contributed by atoms with van der Waals surface area (Å²) in [6.45, 7) is 3.58. The monoisotopic (exact) mass is 443 g/mol. The first-order valence-electron chi connectivity index (χ1n) is 8.78. The van der Waals surface area contributed by atoms with Crippen LogP contribution in [-0.4, -0.2) is 11.9 Å². The first kappa shape index (κ1) is 22.2. The van der Waals surface area contributed by atoms with Crippen molar-refractivity contribution in [2.24, 2.45) is 5.92 Å². The van der Waals surface area contributed by atoms with E-state index in [-0.39, 0.29) is 16.9 Å². The second kappa shape index (κ2) is 7.97. The van der Waals surface area contributed by atoms with Gasteiger partial charge in [0.2, 0.25) is 5.91 Å². The Morgan fingerprint density at radius 3 is 2.13 bits per heavy atom. The fourth-order valence-electron chi connectivity index (χ4n) is 3.17. The Kier molecular flexibility index (Phi) is 5.70. The highest BCUT2D eigenvalue weighted by Crippen LogP contribution is 2.35. The molecule has 2 aromatic carbocycles. The van der Waals surface area contributed by atoms with E-state index < -0.39 is 47.4 Å². The van der Waals surface area contributed by atoms with E-state index in [1.807, 2.05) is 0 Å². The van der Waals surface area contributed by atoms with Crippen LogP contribution < -0.4 is 16.0 Å². The minimum Gasteiger partial charge on any atom is -0.330 e. The molecule has 0 radical (unpaired) electrons. The molecule has 0 aromatic heterocycles. The lowest BCUT2D eigenvalue weighted by molar-refractivity contribution is -0.138. The molecule has 2 atom stereocenters. The maximum absolute atomic E-state index is 13.1. The number of carbonyl (C=O) groups excluding carboxylic acids is 2. The van der Waals surface area contributed by atoms with Crippen molar-refractivity contribution in [1.82, 2.24) is 10.6 Å². The van der Waals surface area contributed by atoms with E-state index >= 15 is 0 Å². The number of amides is 3. The molecule has 5 nitrogen and oxygen atoms in total. The third-order valence-corrected chi connectivity index (χ3v) is 4.58. The summed E-state index contributed by atoms with van der Waals surface area (Å²) in [6, 6.07) is 5.89. The second-order valence-corrected chi connectivity index (χ2v) is 6.77. The molecule has 2 aromatic rings. The van der Waals surface area contributed by atoms with E-state index in [4.69, 9.17) is 0 Å². The Labute approximate surface area is 172 Å². The standard InChI is InChI=1S/C20H15F6N3O2/c1-10-15(17(30)28-14-7-3-6-13(9-14)20(24,25)26)16(29-18(31)27-10)11-4-2-5-12(8-11)19(21,22)23/h2-9,15-16H,1H2,(H,28,30)(H2,27,29,31)/t15-,16-/m1/s1. The largest absolute Gasteiger partial charge is 0.416 e. The summed E-state index contributed by atoms with van der Waals surface area (Å²) in [5.41, 5.74) is -2.29. The molecule has 164 valence electrons. The lowest BCUT2D eigenvalue weighted by Crippen LogP contribution is -2.51.